The molecule has 0 spiro atoms. The molecular weight excluding hydrogens is 306 g/mol. The van der Waals surface area contributed by atoms with Crippen LogP contribution in [0.2, 0.25) is 0 Å². The van der Waals surface area contributed by atoms with Gasteiger partial charge in [-0.2, -0.15) is 0 Å². The summed E-state index contributed by atoms with van der Waals surface area (Å²) >= 11 is 1.48. The highest BCUT2D eigenvalue weighted by molar-refractivity contribution is 8.01. The molecule has 1 amide bonds. The van der Waals surface area contributed by atoms with Gasteiger partial charge in [0.1, 0.15) is 11.4 Å². The first-order valence-electron chi connectivity index (χ1n) is 6.81. The molecule has 6 nitrogen and oxygen atoms in total. The maximum absolute atomic E-state index is 12.8. The van der Waals surface area contributed by atoms with E-state index in [0.717, 1.165) is 5.56 Å². The molecule has 3 rings (SSSR count). The summed E-state index contributed by atoms with van der Waals surface area (Å²) in [5.41, 5.74) is 1.19. The molecule has 1 saturated heterocycles. The monoisotopic (exact) mass is 323 g/mol. The quantitative estimate of drug-likeness (QED) is 0.918. The molecule has 2 aliphatic heterocycles. The van der Waals surface area contributed by atoms with Crippen LogP contribution in [0, 0.1) is 0 Å². The minimum Gasteiger partial charge on any atom is -0.493 e. The summed E-state index contributed by atoms with van der Waals surface area (Å²) in [4.78, 5) is 26.0. The summed E-state index contributed by atoms with van der Waals surface area (Å²) in [6.45, 7) is 3.70. The number of thioether (sulfide) groups is 1. The first-order chi connectivity index (χ1) is 10.3. The molecule has 1 fully saturated rings. The Morgan fingerprint density at radius 1 is 1.32 bits per heavy atom. The summed E-state index contributed by atoms with van der Waals surface area (Å²) in [6.07, 6.45) is 0. The Morgan fingerprint density at radius 2 is 2.00 bits per heavy atom. The molecule has 2 atom stereocenters. The number of benzene rings is 1. The van der Waals surface area contributed by atoms with E-state index in [2.05, 4.69) is 0 Å². The summed E-state index contributed by atoms with van der Waals surface area (Å²) in [6, 6.07) is 2.68. The number of aliphatic carboxylic acids is 1. The fraction of sp³-hybridized carbons (Fsp3) is 0.467. The normalized spacial score (nSPS) is 24.9. The van der Waals surface area contributed by atoms with Crippen LogP contribution in [-0.4, -0.2) is 46.9 Å². The fourth-order valence-corrected chi connectivity index (χ4v) is 4.80. The second-order valence-corrected chi connectivity index (χ2v) is 7.53. The van der Waals surface area contributed by atoms with Crippen molar-refractivity contribution in [3.63, 3.8) is 0 Å². The lowest BCUT2D eigenvalue weighted by Crippen LogP contribution is -2.47. The molecule has 0 aromatic heterocycles. The Labute approximate surface area is 132 Å². The van der Waals surface area contributed by atoms with Crippen LogP contribution in [0.1, 0.15) is 35.1 Å². The van der Waals surface area contributed by atoms with Crippen LogP contribution in [0.3, 0.4) is 0 Å². The summed E-state index contributed by atoms with van der Waals surface area (Å²) in [5, 5.41) is 9.25. The van der Waals surface area contributed by atoms with Gasteiger partial charge in [0.15, 0.2) is 11.5 Å². The number of hydrogen-bond acceptors (Lipinski definition) is 5. The Balaban J connectivity index is 2.17. The van der Waals surface area contributed by atoms with E-state index in [1.54, 1.807) is 6.07 Å². The summed E-state index contributed by atoms with van der Waals surface area (Å²) < 4.78 is 10.0. The van der Waals surface area contributed by atoms with Crippen LogP contribution >= 0.6 is 11.8 Å². The maximum atomic E-state index is 12.8. The van der Waals surface area contributed by atoms with E-state index in [1.807, 2.05) is 19.9 Å². The van der Waals surface area contributed by atoms with Gasteiger partial charge in [-0.15, -0.1) is 11.8 Å². The van der Waals surface area contributed by atoms with Gasteiger partial charge >= 0.3 is 5.97 Å². The van der Waals surface area contributed by atoms with Crippen molar-refractivity contribution < 1.29 is 24.2 Å². The molecule has 0 bridgehead atoms. The van der Waals surface area contributed by atoms with Crippen LogP contribution in [0.15, 0.2) is 12.1 Å². The minimum absolute atomic E-state index is 0.307. The molecule has 22 heavy (non-hydrogen) atoms. The Bertz CT molecular complexity index is 672. The molecule has 1 N–H and O–H groups in total. The second kappa shape index (κ2) is 4.81. The largest absolute Gasteiger partial charge is 0.493 e. The van der Waals surface area contributed by atoms with Gasteiger partial charge < -0.3 is 19.5 Å². The number of ether oxygens (including phenoxy) is 2. The van der Waals surface area contributed by atoms with Crippen molar-refractivity contribution in [1.29, 1.82) is 0 Å². The van der Waals surface area contributed by atoms with Gasteiger partial charge in [-0.25, -0.2) is 4.79 Å². The first kappa shape index (κ1) is 15.0. The standard InChI is InChI=1S/C15H17NO5S/c1-15(2)11(14(18)19)16-12(17)9-7(13(16)22-15)5-6-8(20-3)10(9)21-4/h5-6,11,13H,1-4H3,(H,18,19)/t11-,13-/m0/s1. The van der Waals surface area contributed by atoms with Crippen LogP contribution in [0.25, 0.3) is 0 Å². The zero-order chi connectivity index (χ0) is 16.2. The number of amides is 1. The predicted octanol–water partition coefficient (Wildman–Crippen LogP) is 2.14. The lowest BCUT2D eigenvalue weighted by Gasteiger charge is -2.26. The Kier molecular flexibility index (Phi) is 3.28. The van der Waals surface area contributed by atoms with Gasteiger partial charge in [0.05, 0.1) is 19.8 Å². The lowest BCUT2D eigenvalue weighted by molar-refractivity contribution is -0.142. The van der Waals surface area contributed by atoms with Crippen molar-refractivity contribution in [3.05, 3.63) is 23.3 Å². The number of nitrogens with zero attached hydrogens (tertiary/aromatic N) is 1. The van der Waals surface area contributed by atoms with Crippen molar-refractivity contribution in [1.82, 2.24) is 4.90 Å². The second-order valence-electron chi connectivity index (χ2n) is 5.79. The molecule has 0 saturated carbocycles. The van der Waals surface area contributed by atoms with Crippen LogP contribution in [0.4, 0.5) is 0 Å². The molecule has 0 unspecified atom stereocenters. The number of carbonyl (C=O) groups is 2. The van der Waals surface area contributed by atoms with Gasteiger partial charge in [-0.1, -0.05) is 6.07 Å². The number of carboxylic acids is 1. The summed E-state index contributed by atoms with van der Waals surface area (Å²) in [5.74, 6) is -0.484. The maximum Gasteiger partial charge on any atom is 0.327 e. The highest BCUT2D eigenvalue weighted by atomic mass is 32.2. The predicted molar refractivity (Wildman–Crippen MR) is 81.6 cm³/mol. The third-order valence-corrected chi connectivity index (χ3v) is 5.67. The van der Waals surface area contributed by atoms with Gasteiger partial charge in [0.25, 0.3) is 5.91 Å². The number of hydrogen-bond donors (Lipinski definition) is 1. The van der Waals surface area contributed by atoms with Gasteiger partial charge in [0, 0.05) is 10.3 Å². The molecule has 118 valence electrons. The van der Waals surface area contributed by atoms with E-state index < -0.39 is 16.8 Å². The highest BCUT2D eigenvalue weighted by Crippen LogP contribution is 2.58. The number of carboxylic acid groups (broad SMARTS) is 1. The molecule has 0 aliphatic carbocycles. The topological polar surface area (TPSA) is 76.1 Å². The van der Waals surface area contributed by atoms with Crippen LogP contribution in [-0.2, 0) is 4.79 Å². The molecule has 1 aromatic carbocycles. The fourth-order valence-electron chi connectivity index (χ4n) is 3.23. The van der Waals surface area contributed by atoms with Gasteiger partial charge in [-0.3, -0.25) is 4.79 Å². The SMILES string of the molecule is COc1ccc2c(c1OC)C(=O)N1[C@@H](C(=O)O)C(C)(C)S[C@@H]21. The zero-order valence-electron chi connectivity index (χ0n) is 12.7. The molecule has 2 aliphatic rings. The van der Waals surface area contributed by atoms with Crippen molar-refractivity contribution >= 4 is 23.6 Å². The molecule has 0 radical (unpaired) electrons. The number of carbonyl (C=O) groups excluding carboxylic acids is 1. The minimum atomic E-state index is -0.993. The smallest absolute Gasteiger partial charge is 0.327 e. The molecule has 1 aromatic rings. The van der Waals surface area contributed by atoms with Crippen molar-refractivity contribution in [2.24, 2.45) is 0 Å². The first-order valence-corrected chi connectivity index (χ1v) is 7.69. The Hall–Kier alpha value is -1.89. The van der Waals surface area contributed by atoms with Gasteiger partial charge in [0.2, 0.25) is 0 Å². The number of rotatable bonds is 3. The number of fused-ring (bicyclic) bond motifs is 3. The van der Waals surface area contributed by atoms with E-state index in [-0.39, 0.29) is 11.3 Å². The third kappa shape index (κ3) is 1.81. The lowest BCUT2D eigenvalue weighted by atomic mass is 10.0. The van der Waals surface area contributed by atoms with Crippen molar-refractivity contribution in [3.8, 4) is 11.5 Å². The molecular formula is C15H17NO5S. The highest BCUT2D eigenvalue weighted by Gasteiger charge is 2.58. The molecule has 2 heterocycles. The van der Waals surface area contributed by atoms with Crippen LogP contribution in [0.5, 0.6) is 11.5 Å². The zero-order valence-corrected chi connectivity index (χ0v) is 13.6. The number of methoxy groups -OCH3 is 2. The van der Waals surface area contributed by atoms with E-state index in [0.29, 0.717) is 17.1 Å². The Morgan fingerprint density at radius 3 is 2.55 bits per heavy atom. The third-order valence-electron chi connectivity index (χ3n) is 4.13. The van der Waals surface area contributed by atoms with E-state index in [4.69, 9.17) is 9.47 Å². The van der Waals surface area contributed by atoms with E-state index >= 15 is 0 Å². The van der Waals surface area contributed by atoms with Crippen LogP contribution < -0.4 is 9.47 Å². The van der Waals surface area contributed by atoms with Crippen molar-refractivity contribution in [2.75, 3.05) is 14.2 Å². The van der Waals surface area contributed by atoms with Crippen molar-refractivity contribution in [2.45, 2.75) is 30.0 Å². The molecule has 7 heteroatoms. The summed E-state index contributed by atoms with van der Waals surface area (Å²) in [7, 11) is 2.98. The average molecular weight is 323 g/mol. The van der Waals surface area contributed by atoms with E-state index in [1.165, 1.54) is 30.9 Å². The van der Waals surface area contributed by atoms with Gasteiger partial charge in [-0.05, 0) is 19.9 Å². The average Bonchev–Trinajstić information content (AvgIpc) is 2.88. The van der Waals surface area contributed by atoms with E-state index in [9.17, 15) is 14.7 Å².